The Morgan fingerprint density at radius 1 is 0.455 bits per heavy atom. The van der Waals surface area contributed by atoms with Crippen molar-refractivity contribution in [2.45, 2.75) is 109 Å². The van der Waals surface area contributed by atoms with Crippen molar-refractivity contribution in [3.8, 4) is 0 Å². The highest BCUT2D eigenvalue weighted by atomic mass is 16.3. The molecule has 132 valence electrons. The average Bonchev–Trinajstić information content (AvgIpc) is 2.54. The van der Waals surface area contributed by atoms with E-state index in [9.17, 15) is 0 Å². The lowest BCUT2D eigenvalue weighted by molar-refractivity contribution is 0.282. The molecule has 0 aromatic heterocycles. The summed E-state index contributed by atoms with van der Waals surface area (Å²) in [4.78, 5) is 0. The van der Waals surface area contributed by atoms with Crippen LogP contribution in [0.25, 0.3) is 0 Å². The molecule has 2 heteroatoms. The van der Waals surface area contributed by atoms with Crippen molar-refractivity contribution in [3.63, 3.8) is 0 Å². The van der Waals surface area contributed by atoms with E-state index in [1.54, 1.807) is 0 Å². The average molecular weight is 313 g/mol. The van der Waals surface area contributed by atoms with Gasteiger partial charge in [-0.15, -0.1) is 0 Å². The lowest BCUT2D eigenvalue weighted by Gasteiger charge is -2.03. The fraction of sp³-hybridized carbons (Fsp3) is 0.900. The van der Waals surface area contributed by atoms with E-state index < -0.39 is 0 Å². The van der Waals surface area contributed by atoms with Gasteiger partial charge in [0.05, 0.1) is 6.26 Å². The minimum Gasteiger partial charge on any atom is -0.516 e. The Labute approximate surface area is 139 Å². The molecule has 0 saturated carbocycles. The molecule has 0 atom stereocenters. The van der Waals surface area contributed by atoms with Crippen LogP contribution in [-0.4, -0.2) is 16.8 Å². The maximum Gasteiger partial charge on any atom is 0.0751 e. The number of aliphatic hydroxyl groups excluding tert-OH is 2. The quantitative estimate of drug-likeness (QED) is 0.219. The van der Waals surface area contributed by atoms with Crippen LogP contribution < -0.4 is 0 Å². The van der Waals surface area contributed by atoms with Crippen LogP contribution in [0, 0.1) is 0 Å². The first kappa shape index (κ1) is 21.5. The van der Waals surface area contributed by atoms with Crippen LogP contribution in [0.3, 0.4) is 0 Å². The number of hydrogen-bond donors (Lipinski definition) is 2. The van der Waals surface area contributed by atoms with Crippen LogP contribution in [0.5, 0.6) is 0 Å². The van der Waals surface area contributed by atoms with E-state index in [0.29, 0.717) is 6.61 Å². The molecule has 0 aromatic carbocycles. The van der Waals surface area contributed by atoms with Gasteiger partial charge < -0.3 is 10.2 Å². The standard InChI is InChI=1S/C20H40O2/c21-19-17-15-13-11-9-7-5-3-1-2-4-6-8-10-12-14-16-18-20-22/h17,19,21-22H,1-16,18,20H2. The molecule has 22 heavy (non-hydrogen) atoms. The smallest absolute Gasteiger partial charge is 0.0751 e. The van der Waals surface area contributed by atoms with Crippen molar-refractivity contribution in [1.82, 2.24) is 0 Å². The van der Waals surface area contributed by atoms with E-state index in [2.05, 4.69) is 0 Å². The van der Waals surface area contributed by atoms with Crippen LogP contribution in [0.1, 0.15) is 109 Å². The summed E-state index contributed by atoms with van der Waals surface area (Å²) in [6.07, 6.45) is 25.4. The summed E-state index contributed by atoms with van der Waals surface area (Å²) in [5, 5.41) is 17.2. The topological polar surface area (TPSA) is 40.5 Å². The molecule has 0 fully saturated rings. The van der Waals surface area contributed by atoms with Crippen LogP contribution in [0.2, 0.25) is 0 Å². The molecule has 0 aliphatic heterocycles. The van der Waals surface area contributed by atoms with Crippen molar-refractivity contribution in [2.24, 2.45) is 0 Å². The van der Waals surface area contributed by atoms with Crippen molar-refractivity contribution in [1.29, 1.82) is 0 Å². The maximum absolute atomic E-state index is 8.69. The molecule has 2 N–H and O–H groups in total. The first-order valence-corrected chi connectivity index (χ1v) is 9.82. The van der Waals surface area contributed by atoms with Crippen molar-refractivity contribution in [3.05, 3.63) is 12.3 Å². The predicted octanol–water partition coefficient (Wildman–Crippen LogP) is 6.68. The number of allylic oxidation sites excluding steroid dienone is 1. The molecule has 0 spiro atoms. The zero-order valence-corrected chi connectivity index (χ0v) is 14.8. The van der Waals surface area contributed by atoms with Crippen molar-refractivity contribution < 1.29 is 10.2 Å². The summed E-state index contributed by atoms with van der Waals surface area (Å²) < 4.78 is 0. The van der Waals surface area contributed by atoms with Gasteiger partial charge in [-0.25, -0.2) is 0 Å². The predicted molar refractivity (Wildman–Crippen MR) is 97.3 cm³/mol. The second-order valence-electron chi connectivity index (χ2n) is 6.55. The summed E-state index contributed by atoms with van der Waals surface area (Å²) in [5.41, 5.74) is 0. The Kier molecular flexibility index (Phi) is 20.0. The third-order valence-electron chi connectivity index (χ3n) is 4.38. The summed E-state index contributed by atoms with van der Waals surface area (Å²) in [7, 11) is 0. The first-order valence-electron chi connectivity index (χ1n) is 9.82. The Morgan fingerprint density at radius 2 is 0.773 bits per heavy atom. The Balaban J connectivity index is 2.94. The van der Waals surface area contributed by atoms with E-state index in [4.69, 9.17) is 10.2 Å². The fourth-order valence-electron chi connectivity index (χ4n) is 2.92. The molecular weight excluding hydrogens is 272 g/mol. The summed E-state index contributed by atoms with van der Waals surface area (Å²) in [6, 6.07) is 0. The monoisotopic (exact) mass is 312 g/mol. The van der Waals surface area contributed by atoms with Gasteiger partial charge in [-0.3, -0.25) is 0 Å². The van der Waals surface area contributed by atoms with Crippen LogP contribution in [0.4, 0.5) is 0 Å². The van der Waals surface area contributed by atoms with Gasteiger partial charge in [0.25, 0.3) is 0 Å². The van der Waals surface area contributed by atoms with E-state index in [1.807, 2.05) is 6.08 Å². The number of hydrogen-bond acceptors (Lipinski definition) is 2. The molecular formula is C20H40O2. The van der Waals surface area contributed by atoms with Crippen LogP contribution in [0.15, 0.2) is 12.3 Å². The molecule has 0 aliphatic rings. The van der Waals surface area contributed by atoms with Gasteiger partial charge in [0, 0.05) is 6.61 Å². The highest BCUT2D eigenvalue weighted by Crippen LogP contribution is 2.14. The largest absolute Gasteiger partial charge is 0.516 e. The van der Waals surface area contributed by atoms with Gasteiger partial charge in [0.1, 0.15) is 0 Å². The second-order valence-corrected chi connectivity index (χ2v) is 6.55. The third-order valence-corrected chi connectivity index (χ3v) is 4.38. The zero-order valence-electron chi connectivity index (χ0n) is 14.8. The van der Waals surface area contributed by atoms with Crippen molar-refractivity contribution in [2.75, 3.05) is 6.61 Å². The molecule has 0 radical (unpaired) electrons. The summed E-state index contributed by atoms with van der Waals surface area (Å²) >= 11 is 0. The molecule has 0 heterocycles. The molecule has 0 rings (SSSR count). The van der Waals surface area contributed by atoms with Gasteiger partial charge in [0.2, 0.25) is 0 Å². The fourth-order valence-corrected chi connectivity index (χ4v) is 2.92. The maximum atomic E-state index is 8.69. The summed E-state index contributed by atoms with van der Waals surface area (Å²) in [6.45, 7) is 0.362. The molecule has 0 saturated heterocycles. The van der Waals surface area contributed by atoms with Gasteiger partial charge in [-0.05, 0) is 19.3 Å². The highest BCUT2D eigenvalue weighted by molar-refractivity contribution is 4.70. The van der Waals surface area contributed by atoms with Crippen LogP contribution in [-0.2, 0) is 0 Å². The Hall–Kier alpha value is -0.500. The van der Waals surface area contributed by atoms with E-state index in [1.165, 1.54) is 96.3 Å². The Morgan fingerprint density at radius 3 is 1.09 bits per heavy atom. The lowest BCUT2D eigenvalue weighted by Crippen LogP contribution is -1.85. The van der Waals surface area contributed by atoms with E-state index in [0.717, 1.165) is 19.1 Å². The minimum atomic E-state index is 0.362. The minimum absolute atomic E-state index is 0.362. The van der Waals surface area contributed by atoms with E-state index in [-0.39, 0.29) is 0 Å². The molecule has 2 nitrogen and oxygen atoms in total. The number of aliphatic hydroxyl groups is 2. The number of unbranched alkanes of at least 4 members (excludes halogenated alkanes) is 16. The van der Waals surface area contributed by atoms with Gasteiger partial charge >= 0.3 is 0 Å². The number of rotatable bonds is 18. The normalized spacial score (nSPS) is 11.5. The highest BCUT2D eigenvalue weighted by Gasteiger charge is 1.94. The lowest BCUT2D eigenvalue weighted by atomic mass is 10.0. The van der Waals surface area contributed by atoms with Gasteiger partial charge in [-0.2, -0.15) is 0 Å². The molecule has 0 aliphatic carbocycles. The first-order chi connectivity index (χ1) is 10.9. The van der Waals surface area contributed by atoms with Gasteiger partial charge in [-0.1, -0.05) is 96.0 Å². The van der Waals surface area contributed by atoms with Gasteiger partial charge in [0.15, 0.2) is 0 Å². The van der Waals surface area contributed by atoms with Crippen molar-refractivity contribution >= 4 is 0 Å². The molecule has 0 aromatic rings. The molecule has 0 amide bonds. The van der Waals surface area contributed by atoms with Crippen LogP contribution >= 0.6 is 0 Å². The second kappa shape index (κ2) is 20.5. The summed E-state index contributed by atoms with van der Waals surface area (Å²) in [5.74, 6) is 0. The zero-order chi connectivity index (χ0) is 16.1. The SMILES string of the molecule is OC=CCCCCCCCCCCCCCCCCCCO. The molecule has 0 bridgehead atoms. The Bertz CT molecular complexity index is 214. The molecule has 0 unspecified atom stereocenters. The van der Waals surface area contributed by atoms with E-state index >= 15 is 0 Å². The third kappa shape index (κ3) is 19.5.